The van der Waals surface area contributed by atoms with E-state index in [1.165, 1.54) is 5.56 Å². The molecule has 0 unspecified atom stereocenters. The molecule has 0 bridgehead atoms. The second kappa shape index (κ2) is 8.43. The van der Waals surface area contributed by atoms with E-state index in [1.54, 1.807) is 10.8 Å². The Kier molecular flexibility index (Phi) is 5.09. The van der Waals surface area contributed by atoms with Crippen molar-refractivity contribution < 1.29 is 4.74 Å². The molecule has 0 saturated heterocycles. The van der Waals surface area contributed by atoms with Gasteiger partial charge in [0.15, 0.2) is 5.65 Å². The molecule has 0 radical (unpaired) electrons. The predicted octanol–water partition coefficient (Wildman–Crippen LogP) is 3.13. The summed E-state index contributed by atoms with van der Waals surface area (Å²) in [5, 5.41) is 8.02. The average molecular weight is 468 g/mol. The summed E-state index contributed by atoms with van der Waals surface area (Å²) in [6.45, 7) is 0.986. The number of anilines is 2. The van der Waals surface area contributed by atoms with E-state index in [-0.39, 0.29) is 17.5 Å². The molecule has 2 aromatic carbocycles. The number of aromatic amines is 1. The van der Waals surface area contributed by atoms with Crippen LogP contribution in [0.25, 0.3) is 21.9 Å². The molecule has 4 heterocycles. The Morgan fingerprint density at radius 1 is 1.17 bits per heavy atom. The fraction of sp³-hybridized carbons (Fsp3) is 0.231. The van der Waals surface area contributed by atoms with Gasteiger partial charge in [-0.25, -0.2) is 4.98 Å². The second-order valence-electron chi connectivity index (χ2n) is 8.91. The SMILES string of the molecule is CN(C[C@H]1CCc2ccccc2O1)c1ncc2c3n[nH]c(N)c3c(=O)n(Cc3ccccc3)c2n1. The molecule has 35 heavy (non-hydrogen) atoms. The number of nitrogens with two attached hydrogens (primary N) is 1. The second-order valence-corrected chi connectivity index (χ2v) is 8.91. The summed E-state index contributed by atoms with van der Waals surface area (Å²) >= 11 is 0. The van der Waals surface area contributed by atoms with Crippen LogP contribution in [0.15, 0.2) is 65.6 Å². The van der Waals surface area contributed by atoms with Gasteiger partial charge in [0, 0.05) is 13.2 Å². The Bertz CT molecular complexity index is 1590. The third-order valence-electron chi connectivity index (χ3n) is 6.52. The molecule has 0 spiro atoms. The number of aryl methyl sites for hydroxylation is 1. The van der Waals surface area contributed by atoms with Gasteiger partial charge in [-0.2, -0.15) is 10.1 Å². The first-order valence-electron chi connectivity index (χ1n) is 11.6. The first-order valence-corrected chi connectivity index (χ1v) is 11.6. The van der Waals surface area contributed by atoms with Crippen molar-refractivity contribution in [3.05, 3.63) is 82.3 Å². The summed E-state index contributed by atoms with van der Waals surface area (Å²) in [6.07, 6.45) is 3.63. The van der Waals surface area contributed by atoms with Crippen LogP contribution in [0.1, 0.15) is 17.5 Å². The molecule has 0 amide bonds. The number of likely N-dealkylation sites (N-methyl/N-ethyl adjacent to an activating group) is 1. The van der Waals surface area contributed by atoms with Gasteiger partial charge in [-0.05, 0) is 30.0 Å². The van der Waals surface area contributed by atoms with Gasteiger partial charge in [0.05, 0.1) is 18.5 Å². The molecule has 1 atom stereocenters. The molecular weight excluding hydrogens is 442 g/mol. The Balaban J connectivity index is 1.39. The van der Waals surface area contributed by atoms with E-state index in [2.05, 4.69) is 21.2 Å². The molecule has 1 aliphatic heterocycles. The molecule has 9 heteroatoms. The molecule has 0 fully saturated rings. The Morgan fingerprint density at radius 3 is 2.83 bits per heavy atom. The highest BCUT2D eigenvalue weighted by Crippen LogP contribution is 2.28. The van der Waals surface area contributed by atoms with Crippen molar-refractivity contribution in [1.82, 2.24) is 24.7 Å². The quantitative estimate of drug-likeness (QED) is 0.408. The number of aromatic nitrogens is 5. The monoisotopic (exact) mass is 467 g/mol. The molecule has 176 valence electrons. The zero-order valence-electron chi connectivity index (χ0n) is 19.3. The van der Waals surface area contributed by atoms with Crippen LogP contribution in [-0.2, 0) is 13.0 Å². The smallest absolute Gasteiger partial charge is 0.265 e. The summed E-state index contributed by atoms with van der Waals surface area (Å²) in [4.78, 5) is 24.9. The number of nitrogens with zero attached hydrogens (tertiary/aromatic N) is 5. The van der Waals surface area contributed by atoms with Crippen LogP contribution < -0.4 is 20.9 Å². The molecule has 1 aliphatic rings. The topological polar surface area (TPSA) is 115 Å². The van der Waals surface area contributed by atoms with Crippen molar-refractivity contribution in [3.8, 4) is 5.75 Å². The summed E-state index contributed by atoms with van der Waals surface area (Å²) in [5.74, 6) is 1.69. The normalized spacial score (nSPS) is 15.2. The lowest BCUT2D eigenvalue weighted by atomic mass is 10.0. The molecule has 9 nitrogen and oxygen atoms in total. The van der Waals surface area contributed by atoms with Crippen molar-refractivity contribution >= 4 is 33.7 Å². The van der Waals surface area contributed by atoms with Gasteiger partial charge in [-0.1, -0.05) is 48.5 Å². The Morgan fingerprint density at radius 2 is 1.97 bits per heavy atom. The van der Waals surface area contributed by atoms with E-state index in [0.29, 0.717) is 41.0 Å². The summed E-state index contributed by atoms with van der Waals surface area (Å²) < 4.78 is 7.86. The molecule has 3 aromatic heterocycles. The number of H-pyrrole nitrogens is 1. The largest absolute Gasteiger partial charge is 0.488 e. The lowest BCUT2D eigenvalue weighted by Gasteiger charge is -2.29. The number of fused-ring (bicyclic) bond motifs is 4. The number of hydrogen-bond donors (Lipinski definition) is 2. The first kappa shape index (κ1) is 21.2. The maximum atomic E-state index is 13.5. The lowest BCUT2D eigenvalue weighted by Crippen LogP contribution is -2.36. The third-order valence-corrected chi connectivity index (χ3v) is 6.52. The van der Waals surface area contributed by atoms with Crippen LogP contribution in [0.3, 0.4) is 0 Å². The van der Waals surface area contributed by atoms with Crippen molar-refractivity contribution in [2.45, 2.75) is 25.5 Å². The van der Waals surface area contributed by atoms with Gasteiger partial charge in [0.1, 0.15) is 28.6 Å². The van der Waals surface area contributed by atoms with Crippen LogP contribution in [0.5, 0.6) is 5.75 Å². The molecule has 6 rings (SSSR count). The number of para-hydroxylation sites is 1. The minimum absolute atomic E-state index is 0.0225. The number of rotatable bonds is 5. The summed E-state index contributed by atoms with van der Waals surface area (Å²) in [7, 11) is 1.94. The van der Waals surface area contributed by atoms with Crippen LogP contribution >= 0.6 is 0 Å². The molecular formula is C26H25N7O2. The van der Waals surface area contributed by atoms with Gasteiger partial charge >= 0.3 is 0 Å². The van der Waals surface area contributed by atoms with E-state index in [4.69, 9.17) is 15.5 Å². The Hall–Kier alpha value is -4.40. The molecule has 0 saturated carbocycles. The van der Waals surface area contributed by atoms with Crippen LogP contribution in [0.2, 0.25) is 0 Å². The zero-order valence-corrected chi connectivity index (χ0v) is 19.3. The number of pyridine rings is 1. The Labute approximate surface area is 201 Å². The predicted molar refractivity (Wildman–Crippen MR) is 136 cm³/mol. The molecule has 3 N–H and O–H groups in total. The highest BCUT2D eigenvalue weighted by molar-refractivity contribution is 6.05. The highest BCUT2D eigenvalue weighted by Gasteiger charge is 2.23. The van der Waals surface area contributed by atoms with E-state index < -0.39 is 0 Å². The average Bonchev–Trinajstić information content (AvgIpc) is 3.28. The summed E-state index contributed by atoms with van der Waals surface area (Å²) in [6, 6.07) is 18.0. The van der Waals surface area contributed by atoms with Gasteiger partial charge in [-0.3, -0.25) is 14.5 Å². The van der Waals surface area contributed by atoms with E-state index >= 15 is 0 Å². The fourth-order valence-corrected chi connectivity index (χ4v) is 4.73. The minimum Gasteiger partial charge on any atom is -0.488 e. The maximum absolute atomic E-state index is 13.5. The number of nitrogen functional groups attached to an aromatic ring is 1. The fourth-order valence-electron chi connectivity index (χ4n) is 4.73. The van der Waals surface area contributed by atoms with Gasteiger partial charge in [-0.15, -0.1) is 0 Å². The van der Waals surface area contributed by atoms with Crippen molar-refractivity contribution in [2.24, 2.45) is 0 Å². The van der Waals surface area contributed by atoms with Crippen molar-refractivity contribution in [3.63, 3.8) is 0 Å². The van der Waals surface area contributed by atoms with Crippen LogP contribution in [0, 0.1) is 0 Å². The third kappa shape index (κ3) is 3.74. The lowest BCUT2D eigenvalue weighted by molar-refractivity contribution is 0.179. The number of benzene rings is 2. The van der Waals surface area contributed by atoms with Gasteiger partial charge in [0.25, 0.3) is 5.56 Å². The van der Waals surface area contributed by atoms with E-state index in [9.17, 15) is 4.79 Å². The highest BCUT2D eigenvalue weighted by atomic mass is 16.5. The number of nitrogens with one attached hydrogen (secondary N) is 1. The van der Waals surface area contributed by atoms with E-state index in [0.717, 1.165) is 24.2 Å². The zero-order chi connectivity index (χ0) is 23.9. The maximum Gasteiger partial charge on any atom is 0.265 e. The van der Waals surface area contributed by atoms with Crippen LogP contribution in [0.4, 0.5) is 11.8 Å². The van der Waals surface area contributed by atoms with Crippen molar-refractivity contribution in [1.29, 1.82) is 0 Å². The van der Waals surface area contributed by atoms with E-state index in [1.807, 2.05) is 60.5 Å². The minimum atomic E-state index is -0.234. The number of hydrogen-bond acceptors (Lipinski definition) is 7. The molecule has 0 aliphatic carbocycles. The number of ether oxygens (including phenoxy) is 1. The van der Waals surface area contributed by atoms with Gasteiger partial charge < -0.3 is 15.4 Å². The van der Waals surface area contributed by atoms with Crippen molar-refractivity contribution in [2.75, 3.05) is 24.2 Å². The van der Waals surface area contributed by atoms with Crippen LogP contribution in [-0.4, -0.2) is 44.4 Å². The summed E-state index contributed by atoms with van der Waals surface area (Å²) in [5.41, 5.74) is 9.04. The standard InChI is InChI=1S/C26H25N7O2/c1-32(15-18-12-11-17-9-5-6-10-20(17)35-18)26-28-13-19-22-21(23(27)31-30-22)25(34)33(24(19)29-26)14-16-7-3-2-4-8-16/h2-10,13,18H,11-12,14-15H2,1H3,(H3,27,30,31)/t18-/m1/s1. The van der Waals surface area contributed by atoms with Gasteiger partial charge in [0.2, 0.25) is 5.95 Å². The molecule has 5 aromatic rings. The first-order chi connectivity index (χ1) is 17.1.